The van der Waals surface area contributed by atoms with Gasteiger partial charge in [-0.1, -0.05) is 0 Å². The highest BCUT2D eigenvalue weighted by atomic mass is 35.5. The number of rotatable bonds is 3. The molecular weight excluding hydrogens is 413 g/mol. The molecule has 2 bridgehead atoms. The Kier molecular flexibility index (Phi) is 4.79. The molecule has 1 aliphatic carbocycles. The molecule has 152 valence electrons. The van der Waals surface area contributed by atoms with E-state index in [0.717, 1.165) is 44.2 Å². The van der Waals surface area contributed by atoms with Crippen LogP contribution >= 0.6 is 23.7 Å². The smallest absolute Gasteiger partial charge is 0.406 e. The van der Waals surface area contributed by atoms with E-state index >= 15 is 0 Å². The molecular formula is C19H20ClF3N2O2S. The summed E-state index contributed by atoms with van der Waals surface area (Å²) in [6, 6.07) is 6.09. The molecule has 3 aliphatic heterocycles. The number of benzene rings is 1. The largest absolute Gasteiger partial charge is 0.573 e. The van der Waals surface area contributed by atoms with Crippen LogP contribution in [0.4, 0.5) is 13.2 Å². The highest BCUT2D eigenvalue weighted by molar-refractivity contribution is 7.20. The number of thiophene rings is 1. The molecule has 4 heterocycles. The lowest BCUT2D eigenvalue weighted by Gasteiger charge is -2.52. The summed E-state index contributed by atoms with van der Waals surface area (Å²) < 4.78 is 41.8. The van der Waals surface area contributed by atoms with Gasteiger partial charge in [-0.05, 0) is 74.3 Å². The SMILES string of the molecule is Cl.O=C(N[C@@H]1C2CCN(CC2)C12CC2)c1cc2ccc(OC(F)(F)F)cc2s1. The van der Waals surface area contributed by atoms with Crippen molar-refractivity contribution < 1.29 is 22.7 Å². The van der Waals surface area contributed by atoms with Crippen molar-refractivity contribution in [3.05, 3.63) is 29.1 Å². The number of amides is 1. The normalized spacial score (nSPS) is 27.5. The van der Waals surface area contributed by atoms with Gasteiger partial charge in [0.2, 0.25) is 0 Å². The Labute approximate surface area is 170 Å². The van der Waals surface area contributed by atoms with Crippen LogP contribution in [-0.2, 0) is 0 Å². The van der Waals surface area contributed by atoms with Crippen molar-refractivity contribution >= 4 is 39.7 Å². The number of hydrogen-bond donors (Lipinski definition) is 1. The Morgan fingerprint density at radius 1 is 1.21 bits per heavy atom. The van der Waals surface area contributed by atoms with Crippen molar-refractivity contribution in [2.24, 2.45) is 5.92 Å². The van der Waals surface area contributed by atoms with Crippen LogP contribution in [0.2, 0.25) is 0 Å². The fraction of sp³-hybridized carbons (Fsp3) is 0.526. The highest BCUT2D eigenvalue weighted by Gasteiger charge is 2.60. The average molecular weight is 433 g/mol. The van der Waals surface area contributed by atoms with Gasteiger partial charge >= 0.3 is 6.36 Å². The molecule has 3 saturated heterocycles. The number of fused-ring (bicyclic) bond motifs is 3. The van der Waals surface area contributed by atoms with Crippen LogP contribution in [0.1, 0.15) is 35.4 Å². The highest BCUT2D eigenvalue weighted by Crippen LogP contribution is 2.53. The molecule has 28 heavy (non-hydrogen) atoms. The van der Waals surface area contributed by atoms with E-state index in [1.807, 2.05) is 0 Å². The van der Waals surface area contributed by atoms with Crippen LogP contribution in [0, 0.1) is 5.92 Å². The molecule has 4 fully saturated rings. The van der Waals surface area contributed by atoms with Crippen molar-refractivity contribution in [1.82, 2.24) is 10.2 Å². The van der Waals surface area contributed by atoms with Gasteiger partial charge in [0, 0.05) is 10.2 Å². The number of nitrogens with zero attached hydrogens (tertiary/aromatic N) is 1. The number of halogens is 4. The molecule has 0 radical (unpaired) electrons. The first-order valence-electron chi connectivity index (χ1n) is 9.19. The molecule has 0 unspecified atom stereocenters. The van der Waals surface area contributed by atoms with Gasteiger partial charge in [-0.2, -0.15) is 0 Å². The van der Waals surface area contributed by atoms with E-state index < -0.39 is 6.36 Å². The fourth-order valence-electron chi connectivity index (χ4n) is 4.85. The third-order valence-corrected chi connectivity index (χ3v) is 7.31. The van der Waals surface area contributed by atoms with Gasteiger partial charge in [0.05, 0.1) is 10.9 Å². The third kappa shape index (κ3) is 3.35. The van der Waals surface area contributed by atoms with Crippen molar-refractivity contribution in [3.8, 4) is 5.75 Å². The van der Waals surface area contributed by atoms with Crippen LogP contribution in [0.15, 0.2) is 24.3 Å². The summed E-state index contributed by atoms with van der Waals surface area (Å²) in [5, 5.41) is 4.00. The molecule has 9 heteroatoms. The number of carbonyl (C=O) groups is 1. The Morgan fingerprint density at radius 3 is 2.57 bits per heavy atom. The lowest BCUT2D eigenvalue weighted by Crippen LogP contribution is -2.65. The zero-order valence-corrected chi connectivity index (χ0v) is 16.6. The summed E-state index contributed by atoms with van der Waals surface area (Å²) in [4.78, 5) is 15.9. The van der Waals surface area contributed by atoms with Gasteiger partial charge in [0.15, 0.2) is 0 Å². The van der Waals surface area contributed by atoms with Gasteiger partial charge < -0.3 is 10.1 Å². The van der Waals surface area contributed by atoms with Gasteiger partial charge in [-0.25, -0.2) is 0 Å². The van der Waals surface area contributed by atoms with Crippen LogP contribution < -0.4 is 10.1 Å². The molecule has 1 atom stereocenters. The average Bonchev–Trinajstić information content (AvgIpc) is 3.27. The van der Waals surface area contributed by atoms with Crippen LogP contribution in [0.5, 0.6) is 5.75 Å². The maximum Gasteiger partial charge on any atom is 0.573 e. The van der Waals surface area contributed by atoms with E-state index in [2.05, 4.69) is 15.0 Å². The molecule has 1 N–H and O–H groups in total. The number of nitrogens with one attached hydrogen (secondary N) is 1. The quantitative estimate of drug-likeness (QED) is 0.772. The first kappa shape index (κ1) is 19.8. The van der Waals surface area contributed by atoms with Crippen LogP contribution in [0.25, 0.3) is 10.1 Å². The minimum absolute atomic E-state index is 0. The molecule has 1 aromatic carbocycles. The minimum atomic E-state index is -4.72. The summed E-state index contributed by atoms with van der Waals surface area (Å²) in [6.07, 6.45) is -0.203. The summed E-state index contributed by atoms with van der Waals surface area (Å²) in [5.41, 5.74) is 0.154. The molecule has 4 nitrogen and oxygen atoms in total. The molecule has 1 spiro atoms. The zero-order chi connectivity index (χ0) is 18.8. The molecule has 2 aromatic rings. The summed E-state index contributed by atoms with van der Waals surface area (Å²) >= 11 is 1.20. The second-order valence-electron chi connectivity index (χ2n) is 7.74. The summed E-state index contributed by atoms with van der Waals surface area (Å²) in [6.45, 7) is 2.25. The van der Waals surface area contributed by atoms with E-state index in [1.165, 1.54) is 23.5 Å². The van der Waals surface area contributed by atoms with E-state index in [-0.39, 0.29) is 35.6 Å². The number of piperidine rings is 3. The number of hydrogen-bond acceptors (Lipinski definition) is 4. The Bertz CT molecular complexity index is 904. The standard InChI is InChI=1S/C19H19F3N2O2S.ClH/c20-19(21,22)26-13-2-1-12-9-15(27-14(12)10-13)17(25)23-16-11-3-7-24(8-4-11)18(16)5-6-18;/h1-2,9-11,16H,3-8H2,(H,23,25);1H/t16-;/m1./s1. The van der Waals surface area contributed by atoms with Crippen LogP contribution in [0.3, 0.4) is 0 Å². The van der Waals surface area contributed by atoms with E-state index in [0.29, 0.717) is 15.5 Å². The number of ether oxygens (including phenoxy) is 1. The van der Waals surface area contributed by atoms with Gasteiger partial charge in [-0.15, -0.1) is 36.9 Å². The van der Waals surface area contributed by atoms with E-state index in [9.17, 15) is 18.0 Å². The van der Waals surface area contributed by atoms with Crippen molar-refractivity contribution in [3.63, 3.8) is 0 Å². The molecule has 1 saturated carbocycles. The zero-order valence-electron chi connectivity index (χ0n) is 14.9. The number of alkyl halides is 3. The molecule has 6 rings (SSSR count). The Morgan fingerprint density at radius 2 is 1.93 bits per heavy atom. The summed E-state index contributed by atoms with van der Waals surface area (Å²) in [7, 11) is 0. The second kappa shape index (κ2) is 6.78. The Hall–Kier alpha value is -1.51. The maximum atomic E-state index is 12.9. The fourth-order valence-corrected chi connectivity index (χ4v) is 5.85. The van der Waals surface area contributed by atoms with Gasteiger partial charge in [0.1, 0.15) is 5.75 Å². The van der Waals surface area contributed by atoms with Crippen molar-refractivity contribution in [1.29, 1.82) is 0 Å². The first-order valence-corrected chi connectivity index (χ1v) is 10.0. The molecule has 1 amide bonds. The lowest BCUT2D eigenvalue weighted by atomic mass is 9.77. The van der Waals surface area contributed by atoms with Gasteiger partial charge in [-0.3, -0.25) is 9.69 Å². The monoisotopic (exact) mass is 432 g/mol. The Balaban J connectivity index is 0.00000192. The maximum absolute atomic E-state index is 12.9. The van der Waals surface area contributed by atoms with E-state index in [1.54, 1.807) is 12.1 Å². The first-order chi connectivity index (χ1) is 12.8. The van der Waals surface area contributed by atoms with Gasteiger partial charge in [0.25, 0.3) is 5.91 Å². The van der Waals surface area contributed by atoms with Crippen molar-refractivity contribution in [2.45, 2.75) is 43.6 Å². The lowest BCUT2D eigenvalue weighted by molar-refractivity contribution is -0.274. The number of carbonyl (C=O) groups excluding carboxylic acids is 1. The minimum Gasteiger partial charge on any atom is -0.406 e. The predicted molar refractivity (Wildman–Crippen MR) is 103 cm³/mol. The van der Waals surface area contributed by atoms with Crippen LogP contribution in [-0.4, -0.2) is 41.8 Å². The summed E-state index contributed by atoms with van der Waals surface area (Å²) in [5.74, 6) is 0.139. The van der Waals surface area contributed by atoms with Crippen molar-refractivity contribution in [2.75, 3.05) is 13.1 Å². The molecule has 1 aromatic heterocycles. The topological polar surface area (TPSA) is 41.6 Å². The second-order valence-corrected chi connectivity index (χ2v) is 8.82. The van der Waals surface area contributed by atoms with E-state index in [4.69, 9.17) is 0 Å². The third-order valence-electron chi connectivity index (χ3n) is 6.22. The molecule has 4 aliphatic rings. The predicted octanol–water partition coefficient (Wildman–Crippen LogP) is 4.58.